The number of amides is 1. The number of rotatable bonds is 5. The van der Waals surface area contributed by atoms with Crippen molar-refractivity contribution in [3.8, 4) is 11.5 Å². The summed E-state index contributed by atoms with van der Waals surface area (Å²) in [5.74, 6) is 1.72. The Bertz CT molecular complexity index is 716. The van der Waals surface area contributed by atoms with Crippen LogP contribution in [0, 0.1) is 13.8 Å². The molecule has 6 nitrogen and oxygen atoms in total. The summed E-state index contributed by atoms with van der Waals surface area (Å²) in [5.41, 5.74) is 2.05. The number of aromatic nitrogens is 2. The van der Waals surface area contributed by atoms with Gasteiger partial charge in [0.2, 0.25) is 0 Å². The van der Waals surface area contributed by atoms with Crippen LogP contribution in [0.25, 0.3) is 0 Å². The van der Waals surface area contributed by atoms with Gasteiger partial charge in [0, 0.05) is 6.20 Å². The molecule has 0 aliphatic heterocycles. The normalized spacial score (nSPS) is 11.7. The van der Waals surface area contributed by atoms with Crippen LogP contribution in [0.1, 0.15) is 40.4 Å². The van der Waals surface area contributed by atoms with Crippen molar-refractivity contribution in [3.63, 3.8) is 0 Å². The van der Waals surface area contributed by atoms with Gasteiger partial charge in [-0.15, -0.1) is 0 Å². The lowest BCUT2D eigenvalue weighted by molar-refractivity contribution is 0.0938. The molecular weight excluding hydrogens is 294 g/mol. The Labute approximate surface area is 135 Å². The second kappa shape index (κ2) is 7.09. The van der Waals surface area contributed by atoms with Gasteiger partial charge in [-0.1, -0.05) is 6.07 Å². The zero-order valence-corrected chi connectivity index (χ0v) is 14.0. The van der Waals surface area contributed by atoms with Crippen LogP contribution >= 0.6 is 0 Å². The number of nitrogens with zero attached hydrogens (tertiary/aromatic N) is 2. The number of methoxy groups -OCH3 is 2. The van der Waals surface area contributed by atoms with E-state index in [0.717, 1.165) is 5.56 Å². The summed E-state index contributed by atoms with van der Waals surface area (Å²) >= 11 is 0. The summed E-state index contributed by atoms with van der Waals surface area (Å²) in [4.78, 5) is 20.7. The Morgan fingerprint density at radius 1 is 1.17 bits per heavy atom. The monoisotopic (exact) mass is 315 g/mol. The Balaban J connectivity index is 2.18. The molecule has 2 aromatic rings. The van der Waals surface area contributed by atoms with Gasteiger partial charge in [0.15, 0.2) is 11.5 Å². The average molecular weight is 315 g/mol. The third kappa shape index (κ3) is 3.77. The van der Waals surface area contributed by atoms with E-state index in [2.05, 4.69) is 15.3 Å². The number of hydrogen-bond acceptors (Lipinski definition) is 5. The van der Waals surface area contributed by atoms with Gasteiger partial charge in [-0.2, -0.15) is 0 Å². The van der Waals surface area contributed by atoms with Gasteiger partial charge in [-0.25, -0.2) is 9.97 Å². The molecule has 0 radical (unpaired) electrons. The first kappa shape index (κ1) is 16.7. The molecule has 1 N–H and O–H groups in total. The fraction of sp³-hybridized carbons (Fsp3) is 0.353. The van der Waals surface area contributed by atoms with E-state index in [0.29, 0.717) is 28.6 Å². The van der Waals surface area contributed by atoms with Gasteiger partial charge >= 0.3 is 0 Å². The first-order valence-corrected chi connectivity index (χ1v) is 7.29. The highest BCUT2D eigenvalue weighted by atomic mass is 16.5. The molecule has 0 saturated heterocycles. The maximum absolute atomic E-state index is 12.4. The van der Waals surface area contributed by atoms with Gasteiger partial charge in [0.05, 0.1) is 31.5 Å². The minimum absolute atomic E-state index is 0.192. The largest absolute Gasteiger partial charge is 0.493 e. The SMILES string of the molecule is COc1ccc([C@@H](C)NC(=O)c2cnc(C)nc2C)cc1OC. The van der Waals surface area contributed by atoms with Crippen molar-refractivity contribution < 1.29 is 14.3 Å². The molecule has 0 fully saturated rings. The summed E-state index contributed by atoms with van der Waals surface area (Å²) in [6.07, 6.45) is 1.55. The van der Waals surface area contributed by atoms with E-state index in [4.69, 9.17) is 9.47 Å². The number of hydrogen-bond donors (Lipinski definition) is 1. The minimum atomic E-state index is -0.204. The Kier molecular flexibility index (Phi) is 5.16. The summed E-state index contributed by atoms with van der Waals surface area (Å²) in [7, 11) is 3.17. The molecule has 0 aliphatic carbocycles. The van der Waals surface area contributed by atoms with Crippen LogP contribution < -0.4 is 14.8 Å². The average Bonchev–Trinajstić information content (AvgIpc) is 2.53. The molecule has 0 saturated carbocycles. The maximum Gasteiger partial charge on any atom is 0.255 e. The van der Waals surface area contributed by atoms with Crippen LogP contribution in [0.5, 0.6) is 11.5 Å². The fourth-order valence-electron chi connectivity index (χ4n) is 2.29. The van der Waals surface area contributed by atoms with E-state index in [1.807, 2.05) is 25.1 Å². The molecule has 0 aliphatic rings. The molecule has 1 aromatic heterocycles. The first-order valence-electron chi connectivity index (χ1n) is 7.29. The number of carbonyl (C=O) groups excluding carboxylic acids is 1. The molecule has 1 heterocycles. The second-order valence-electron chi connectivity index (χ2n) is 5.23. The molecule has 1 amide bonds. The topological polar surface area (TPSA) is 73.3 Å². The fourth-order valence-corrected chi connectivity index (χ4v) is 2.29. The maximum atomic E-state index is 12.4. The highest BCUT2D eigenvalue weighted by molar-refractivity contribution is 5.95. The van der Waals surface area contributed by atoms with Crippen LogP contribution in [-0.2, 0) is 0 Å². The van der Waals surface area contributed by atoms with Crippen molar-refractivity contribution in [1.82, 2.24) is 15.3 Å². The molecule has 122 valence electrons. The van der Waals surface area contributed by atoms with E-state index >= 15 is 0 Å². The number of ether oxygens (including phenoxy) is 2. The minimum Gasteiger partial charge on any atom is -0.493 e. The highest BCUT2D eigenvalue weighted by Gasteiger charge is 2.16. The predicted molar refractivity (Wildman–Crippen MR) is 86.9 cm³/mol. The second-order valence-corrected chi connectivity index (χ2v) is 5.23. The molecule has 6 heteroatoms. The third-order valence-corrected chi connectivity index (χ3v) is 3.60. The lowest BCUT2D eigenvalue weighted by atomic mass is 10.1. The molecular formula is C17H21N3O3. The van der Waals surface area contributed by atoms with Crippen molar-refractivity contribution in [2.24, 2.45) is 0 Å². The standard InChI is InChI=1S/C17H21N3O3/c1-10(13-6-7-15(22-4)16(8-13)23-5)20-17(21)14-9-18-12(3)19-11(14)2/h6-10H,1-5H3,(H,20,21)/t10-/m1/s1. The number of nitrogens with one attached hydrogen (secondary N) is 1. The van der Waals surface area contributed by atoms with E-state index in [9.17, 15) is 4.79 Å². The number of carbonyl (C=O) groups is 1. The lowest BCUT2D eigenvalue weighted by Crippen LogP contribution is -2.27. The van der Waals surface area contributed by atoms with Gasteiger partial charge in [0.1, 0.15) is 5.82 Å². The third-order valence-electron chi connectivity index (χ3n) is 3.60. The quantitative estimate of drug-likeness (QED) is 0.918. The predicted octanol–water partition coefficient (Wildman–Crippen LogP) is 2.60. The van der Waals surface area contributed by atoms with E-state index in [-0.39, 0.29) is 11.9 Å². The smallest absolute Gasteiger partial charge is 0.255 e. The van der Waals surface area contributed by atoms with Gasteiger partial charge in [-0.05, 0) is 38.5 Å². The first-order chi connectivity index (χ1) is 11.0. The van der Waals surface area contributed by atoms with Gasteiger partial charge < -0.3 is 14.8 Å². The van der Waals surface area contributed by atoms with E-state index in [1.54, 1.807) is 34.3 Å². The summed E-state index contributed by atoms with van der Waals surface area (Å²) in [6.45, 7) is 5.50. The van der Waals surface area contributed by atoms with Crippen molar-refractivity contribution in [1.29, 1.82) is 0 Å². The van der Waals surface area contributed by atoms with Crippen LogP contribution in [0.3, 0.4) is 0 Å². The molecule has 0 spiro atoms. The van der Waals surface area contributed by atoms with Crippen molar-refractivity contribution in [2.75, 3.05) is 14.2 Å². The Morgan fingerprint density at radius 2 is 1.87 bits per heavy atom. The van der Waals surface area contributed by atoms with Crippen molar-refractivity contribution >= 4 is 5.91 Å². The Hall–Kier alpha value is -2.63. The van der Waals surface area contributed by atoms with E-state index in [1.165, 1.54) is 0 Å². The van der Waals surface area contributed by atoms with Crippen LogP contribution in [0.2, 0.25) is 0 Å². The summed E-state index contributed by atoms with van der Waals surface area (Å²) < 4.78 is 10.5. The molecule has 1 atom stereocenters. The zero-order valence-electron chi connectivity index (χ0n) is 14.0. The molecule has 2 rings (SSSR count). The molecule has 1 aromatic carbocycles. The van der Waals surface area contributed by atoms with E-state index < -0.39 is 0 Å². The molecule has 0 bridgehead atoms. The van der Waals surface area contributed by atoms with Gasteiger partial charge in [-0.3, -0.25) is 4.79 Å². The van der Waals surface area contributed by atoms with Gasteiger partial charge in [0.25, 0.3) is 5.91 Å². The number of benzene rings is 1. The highest BCUT2D eigenvalue weighted by Crippen LogP contribution is 2.29. The summed E-state index contributed by atoms with van der Waals surface area (Å²) in [5, 5.41) is 2.95. The lowest BCUT2D eigenvalue weighted by Gasteiger charge is -2.17. The number of aryl methyl sites for hydroxylation is 2. The van der Waals surface area contributed by atoms with Crippen LogP contribution in [0.15, 0.2) is 24.4 Å². The van der Waals surface area contributed by atoms with Crippen molar-refractivity contribution in [2.45, 2.75) is 26.8 Å². The van der Waals surface area contributed by atoms with Crippen LogP contribution in [0.4, 0.5) is 0 Å². The summed E-state index contributed by atoms with van der Waals surface area (Å²) in [6, 6.07) is 5.37. The zero-order chi connectivity index (χ0) is 17.0. The van der Waals surface area contributed by atoms with Crippen LogP contribution in [-0.4, -0.2) is 30.1 Å². The Morgan fingerprint density at radius 3 is 2.48 bits per heavy atom. The molecule has 0 unspecified atom stereocenters. The molecule has 23 heavy (non-hydrogen) atoms. The van der Waals surface area contributed by atoms with Crippen molar-refractivity contribution in [3.05, 3.63) is 47.0 Å².